The predicted molar refractivity (Wildman–Crippen MR) is 125 cm³/mol. The Morgan fingerprint density at radius 2 is 1.79 bits per heavy atom. The van der Waals surface area contributed by atoms with Gasteiger partial charge < -0.3 is 9.47 Å². The second-order valence-electron chi connectivity index (χ2n) is 9.23. The molecule has 0 N–H and O–H groups in total. The lowest BCUT2D eigenvalue weighted by Gasteiger charge is -2.19. The van der Waals surface area contributed by atoms with Gasteiger partial charge in [-0.3, -0.25) is 4.79 Å². The summed E-state index contributed by atoms with van der Waals surface area (Å²) in [6.45, 7) is 7.12. The molecule has 7 heteroatoms. The third-order valence-electron chi connectivity index (χ3n) is 5.21. The molecule has 1 fully saturated rings. The van der Waals surface area contributed by atoms with Gasteiger partial charge in [-0.15, -0.1) is 0 Å². The van der Waals surface area contributed by atoms with E-state index in [2.05, 4.69) is 4.37 Å². The molecule has 0 saturated heterocycles. The zero-order valence-corrected chi connectivity index (χ0v) is 19.9. The van der Waals surface area contributed by atoms with E-state index in [1.807, 2.05) is 13.0 Å². The third-order valence-corrected chi connectivity index (χ3v) is 6.16. The number of nitrogens with zero attached hydrogens (tertiary/aromatic N) is 1. The predicted octanol–water partition coefficient (Wildman–Crippen LogP) is 6.64. The molecule has 0 aliphatic heterocycles. The lowest BCUT2D eigenvalue weighted by molar-refractivity contribution is 0.00646. The Balaban J connectivity index is 1.43. The number of Topliss-reactive ketones (excluding diaryl/α,β-unsaturated/α-hetero) is 1. The Hall–Kier alpha value is -3.06. The molecule has 0 spiro atoms. The first-order chi connectivity index (χ1) is 15.6. The number of ketones is 1. The molecule has 1 heterocycles. The van der Waals surface area contributed by atoms with Crippen LogP contribution in [0.25, 0.3) is 11.3 Å². The number of rotatable bonds is 7. The largest absolute Gasteiger partial charge is 0.485 e. The Kier molecular flexibility index (Phi) is 6.34. The van der Waals surface area contributed by atoms with E-state index in [0.717, 1.165) is 23.3 Å². The topological polar surface area (TPSA) is 65.5 Å². The number of hydrogen-bond donors (Lipinski definition) is 0. The van der Waals surface area contributed by atoms with Crippen molar-refractivity contribution in [3.8, 4) is 17.0 Å². The molecule has 0 bridgehead atoms. The van der Waals surface area contributed by atoms with E-state index in [0.29, 0.717) is 17.0 Å². The zero-order chi connectivity index (χ0) is 23.8. The number of esters is 1. The highest BCUT2D eigenvalue weighted by Crippen LogP contribution is 2.34. The summed E-state index contributed by atoms with van der Waals surface area (Å²) in [5, 5.41) is 0. The van der Waals surface area contributed by atoms with Crippen LogP contribution < -0.4 is 4.74 Å². The van der Waals surface area contributed by atoms with Gasteiger partial charge >= 0.3 is 5.97 Å². The number of halogens is 1. The van der Waals surface area contributed by atoms with Gasteiger partial charge in [-0.05, 0) is 94.5 Å². The Morgan fingerprint density at radius 1 is 1.09 bits per heavy atom. The fraction of sp³-hybridized carbons (Fsp3) is 0.346. The zero-order valence-electron chi connectivity index (χ0n) is 19.1. The van der Waals surface area contributed by atoms with Crippen molar-refractivity contribution in [3.63, 3.8) is 0 Å². The van der Waals surface area contributed by atoms with Gasteiger partial charge in [-0.2, -0.15) is 4.37 Å². The van der Waals surface area contributed by atoms with Crippen molar-refractivity contribution in [2.24, 2.45) is 5.92 Å². The quantitative estimate of drug-likeness (QED) is 0.288. The maximum absolute atomic E-state index is 14.6. The monoisotopic (exact) mass is 467 g/mol. The van der Waals surface area contributed by atoms with Crippen molar-refractivity contribution in [1.82, 2.24) is 4.37 Å². The number of carbonyl (C=O) groups is 2. The van der Waals surface area contributed by atoms with E-state index >= 15 is 0 Å². The van der Waals surface area contributed by atoms with Crippen molar-refractivity contribution in [2.75, 3.05) is 0 Å². The van der Waals surface area contributed by atoms with Crippen molar-refractivity contribution in [1.29, 1.82) is 0 Å². The summed E-state index contributed by atoms with van der Waals surface area (Å²) in [5.74, 6) is -0.294. The Bertz CT molecular complexity index is 1180. The van der Waals surface area contributed by atoms with Crippen LogP contribution >= 0.6 is 11.5 Å². The van der Waals surface area contributed by atoms with Crippen LogP contribution in [0.3, 0.4) is 0 Å². The molecule has 2 aromatic carbocycles. The van der Waals surface area contributed by atoms with E-state index in [9.17, 15) is 14.0 Å². The van der Waals surface area contributed by atoms with Crippen LogP contribution in [-0.4, -0.2) is 21.7 Å². The van der Waals surface area contributed by atoms with E-state index < -0.39 is 17.4 Å². The molecule has 4 rings (SSSR count). The number of carbonyl (C=O) groups excluding carboxylic acids is 2. The van der Waals surface area contributed by atoms with Crippen molar-refractivity contribution < 1.29 is 23.5 Å². The summed E-state index contributed by atoms with van der Waals surface area (Å²) < 4.78 is 30.3. The third kappa shape index (κ3) is 5.66. The summed E-state index contributed by atoms with van der Waals surface area (Å²) in [7, 11) is 0. The molecule has 0 radical (unpaired) electrons. The standard InChI is InChI=1S/C26H26FNO4S/c1-15(31-19-10-7-17(8-11-19)24(29)16-5-6-16)23-14-22(28-33-23)18-9-12-20(21(27)13-18)25(30)32-26(2,3)4/h7-16H,5-6H2,1-4H3/t15-/m0/s1. The molecular formula is C26H26FNO4S. The summed E-state index contributed by atoms with van der Waals surface area (Å²) in [4.78, 5) is 25.2. The van der Waals surface area contributed by atoms with Gasteiger partial charge in [0.15, 0.2) is 5.78 Å². The number of hydrogen-bond acceptors (Lipinski definition) is 6. The molecule has 3 aromatic rings. The van der Waals surface area contributed by atoms with Crippen LogP contribution in [0.15, 0.2) is 48.5 Å². The van der Waals surface area contributed by atoms with Crippen LogP contribution in [0.5, 0.6) is 5.75 Å². The SMILES string of the molecule is C[C@H](Oc1ccc(C(=O)C2CC2)cc1)c1cc(-c2ccc(C(=O)OC(C)(C)C)c(F)c2)ns1. The molecule has 1 atom stereocenters. The molecular weight excluding hydrogens is 441 g/mol. The average molecular weight is 468 g/mol. The van der Waals surface area contributed by atoms with Crippen LogP contribution in [-0.2, 0) is 4.74 Å². The first-order valence-corrected chi connectivity index (χ1v) is 11.7. The second kappa shape index (κ2) is 9.06. The van der Waals surface area contributed by atoms with Crippen molar-refractivity contribution in [2.45, 2.75) is 52.2 Å². The fourth-order valence-electron chi connectivity index (χ4n) is 3.33. The summed E-state index contributed by atoms with van der Waals surface area (Å²) in [5.41, 5.74) is 1.08. The summed E-state index contributed by atoms with van der Waals surface area (Å²) >= 11 is 1.27. The molecule has 0 unspecified atom stereocenters. The fourth-order valence-corrected chi connectivity index (χ4v) is 4.05. The molecule has 33 heavy (non-hydrogen) atoms. The summed E-state index contributed by atoms with van der Waals surface area (Å²) in [6, 6.07) is 13.4. The van der Waals surface area contributed by atoms with Gasteiger partial charge in [0.05, 0.1) is 16.1 Å². The lowest BCUT2D eigenvalue weighted by atomic mass is 10.1. The Morgan fingerprint density at radius 3 is 2.39 bits per heavy atom. The lowest BCUT2D eigenvalue weighted by Crippen LogP contribution is -2.24. The molecule has 1 saturated carbocycles. The minimum atomic E-state index is -0.699. The van der Waals surface area contributed by atoms with Gasteiger partial charge in [0.2, 0.25) is 0 Å². The average Bonchev–Trinajstić information content (AvgIpc) is 3.48. The highest BCUT2D eigenvalue weighted by molar-refractivity contribution is 7.06. The Labute approximate surface area is 196 Å². The molecule has 0 amide bonds. The van der Waals surface area contributed by atoms with E-state index in [4.69, 9.17) is 9.47 Å². The van der Waals surface area contributed by atoms with Crippen molar-refractivity contribution >= 4 is 23.3 Å². The number of ether oxygens (including phenoxy) is 2. The van der Waals surface area contributed by atoms with Crippen molar-refractivity contribution in [3.05, 3.63) is 70.4 Å². The maximum Gasteiger partial charge on any atom is 0.341 e. The molecule has 1 aliphatic rings. The summed E-state index contributed by atoms with van der Waals surface area (Å²) in [6.07, 6.45) is 1.69. The van der Waals surface area contributed by atoms with E-state index in [1.54, 1.807) is 51.1 Å². The smallest absolute Gasteiger partial charge is 0.341 e. The molecule has 5 nitrogen and oxygen atoms in total. The molecule has 1 aliphatic carbocycles. The normalized spacial score (nSPS) is 14.6. The van der Waals surface area contributed by atoms with Gasteiger partial charge in [0.1, 0.15) is 23.3 Å². The first-order valence-electron chi connectivity index (χ1n) is 10.9. The highest BCUT2D eigenvalue weighted by atomic mass is 32.1. The first kappa shape index (κ1) is 23.1. The van der Waals surface area contributed by atoms with Crippen LogP contribution in [0.1, 0.15) is 72.2 Å². The van der Waals surface area contributed by atoms with Crippen LogP contribution in [0.2, 0.25) is 0 Å². The van der Waals surface area contributed by atoms with Crippen LogP contribution in [0, 0.1) is 11.7 Å². The van der Waals surface area contributed by atoms with Gasteiger partial charge in [-0.25, -0.2) is 9.18 Å². The minimum Gasteiger partial charge on any atom is -0.485 e. The molecule has 1 aromatic heterocycles. The number of benzene rings is 2. The van der Waals surface area contributed by atoms with Crippen LogP contribution in [0.4, 0.5) is 4.39 Å². The van der Waals surface area contributed by atoms with Gasteiger partial charge in [0, 0.05) is 17.0 Å². The molecule has 172 valence electrons. The highest BCUT2D eigenvalue weighted by Gasteiger charge is 2.30. The minimum absolute atomic E-state index is 0.107. The second-order valence-corrected chi connectivity index (χ2v) is 10.1. The maximum atomic E-state index is 14.6. The van der Waals surface area contributed by atoms with Gasteiger partial charge in [0.25, 0.3) is 0 Å². The number of aromatic nitrogens is 1. The van der Waals surface area contributed by atoms with E-state index in [-0.39, 0.29) is 23.4 Å². The van der Waals surface area contributed by atoms with Gasteiger partial charge in [-0.1, -0.05) is 6.07 Å². The van der Waals surface area contributed by atoms with E-state index in [1.165, 1.54) is 23.7 Å².